The molecule has 6 heteroatoms. The van der Waals surface area contributed by atoms with E-state index in [1.165, 1.54) is 12.3 Å². The number of pyridine rings is 1. The highest BCUT2D eigenvalue weighted by Gasteiger charge is 2.13. The lowest BCUT2D eigenvalue weighted by atomic mass is 10.1. The van der Waals surface area contributed by atoms with Crippen molar-refractivity contribution in [2.75, 3.05) is 6.61 Å². The summed E-state index contributed by atoms with van der Waals surface area (Å²) in [5.74, 6) is -0.663. The zero-order valence-electron chi connectivity index (χ0n) is 10.6. The third kappa shape index (κ3) is 3.21. The van der Waals surface area contributed by atoms with Crippen LogP contribution in [0, 0.1) is 0 Å². The van der Waals surface area contributed by atoms with Gasteiger partial charge in [0.05, 0.1) is 6.61 Å². The molecule has 0 fully saturated rings. The van der Waals surface area contributed by atoms with Crippen molar-refractivity contribution in [2.24, 2.45) is 0 Å². The number of hydrogen-bond donors (Lipinski definition) is 1. The number of nitrogens with one attached hydrogen (secondary N) is 1. The molecule has 0 aliphatic carbocycles. The van der Waals surface area contributed by atoms with E-state index < -0.39 is 11.5 Å². The van der Waals surface area contributed by atoms with E-state index in [2.05, 4.69) is 4.98 Å². The number of ether oxygens (including phenoxy) is 1. The van der Waals surface area contributed by atoms with Crippen molar-refractivity contribution in [3.63, 3.8) is 0 Å². The zero-order valence-corrected chi connectivity index (χ0v) is 12.1. The summed E-state index contributed by atoms with van der Waals surface area (Å²) in [6.45, 7) is 1.87. The van der Waals surface area contributed by atoms with Crippen molar-refractivity contribution in [1.82, 2.24) is 4.98 Å². The van der Waals surface area contributed by atoms with Crippen LogP contribution in [0.5, 0.6) is 0 Å². The van der Waals surface area contributed by atoms with Crippen LogP contribution in [-0.2, 0) is 4.74 Å². The average molecular weight is 312 g/mol. The molecule has 1 aromatic carbocycles. The highest BCUT2D eigenvalue weighted by atomic mass is 35.5. The monoisotopic (exact) mass is 311 g/mol. The van der Waals surface area contributed by atoms with Crippen LogP contribution in [0.2, 0.25) is 10.0 Å². The lowest BCUT2D eigenvalue weighted by Crippen LogP contribution is -2.19. The Morgan fingerprint density at radius 2 is 1.80 bits per heavy atom. The first-order valence-corrected chi connectivity index (χ1v) is 6.63. The predicted molar refractivity (Wildman–Crippen MR) is 78.5 cm³/mol. The third-order valence-corrected chi connectivity index (χ3v) is 3.03. The lowest BCUT2D eigenvalue weighted by Gasteiger charge is -2.06. The number of carbonyl (C=O) groups excluding carboxylic acids is 1. The van der Waals surface area contributed by atoms with E-state index in [9.17, 15) is 9.59 Å². The average Bonchev–Trinajstić information content (AvgIpc) is 2.38. The molecule has 4 nitrogen and oxygen atoms in total. The molecule has 0 aliphatic heterocycles. The second kappa shape index (κ2) is 6.11. The van der Waals surface area contributed by atoms with Crippen molar-refractivity contribution in [2.45, 2.75) is 6.92 Å². The first-order valence-electron chi connectivity index (χ1n) is 5.87. The summed E-state index contributed by atoms with van der Waals surface area (Å²) >= 11 is 11.9. The SMILES string of the molecule is CCOC(=O)c1cc(-c2cc(Cl)cc(Cl)c2)c[nH]c1=O. The Morgan fingerprint density at radius 1 is 1.15 bits per heavy atom. The van der Waals surface area contributed by atoms with Crippen LogP contribution in [0.1, 0.15) is 17.3 Å². The van der Waals surface area contributed by atoms with E-state index in [0.717, 1.165) is 0 Å². The van der Waals surface area contributed by atoms with E-state index in [1.807, 2.05) is 0 Å². The maximum atomic E-state index is 11.7. The third-order valence-electron chi connectivity index (χ3n) is 2.59. The summed E-state index contributed by atoms with van der Waals surface area (Å²) in [5, 5.41) is 0.938. The molecule has 2 aromatic rings. The standard InChI is InChI=1S/C14H11Cl2NO3/c1-2-20-14(19)12-5-9(7-17-13(12)18)8-3-10(15)6-11(16)4-8/h3-7H,2H2,1H3,(H,17,18). The lowest BCUT2D eigenvalue weighted by molar-refractivity contribution is 0.0524. The number of halogens is 2. The van der Waals surface area contributed by atoms with Gasteiger partial charge in [0, 0.05) is 16.2 Å². The molecule has 0 saturated carbocycles. The molecule has 1 aromatic heterocycles. The summed E-state index contributed by atoms with van der Waals surface area (Å²) in [4.78, 5) is 25.8. The van der Waals surface area contributed by atoms with Gasteiger partial charge in [0.2, 0.25) is 0 Å². The second-order valence-electron chi connectivity index (χ2n) is 4.01. The molecule has 1 heterocycles. The Kier molecular flexibility index (Phi) is 4.47. The van der Waals surface area contributed by atoms with Crippen molar-refractivity contribution in [1.29, 1.82) is 0 Å². The molecule has 0 bridgehead atoms. The Labute approximate surface area is 125 Å². The number of aromatic nitrogens is 1. The first-order chi connectivity index (χ1) is 9.51. The van der Waals surface area contributed by atoms with Crippen LogP contribution in [0.25, 0.3) is 11.1 Å². The number of aromatic amines is 1. The van der Waals surface area contributed by atoms with Crippen LogP contribution in [0.4, 0.5) is 0 Å². The molecule has 2 rings (SSSR count). The molecule has 0 amide bonds. The summed E-state index contributed by atoms with van der Waals surface area (Å²) < 4.78 is 4.84. The van der Waals surface area contributed by atoms with Gasteiger partial charge in [0.15, 0.2) is 0 Å². The fraction of sp³-hybridized carbons (Fsp3) is 0.143. The van der Waals surface area contributed by atoms with Crippen molar-refractivity contribution in [3.8, 4) is 11.1 Å². The summed E-state index contributed by atoms with van der Waals surface area (Å²) in [7, 11) is 0. The van der Waals surface area contributed by atoms with Gasteiger partial charge in [0.1, 0.15) is 5.56 Å². The van der Waals surface area contributed by atoms with E-state index in [1.54, 1.807) is 25.1 Å². The minimum atomic E-state index is -0.663. The van der Waals surface area contributed by atoms with Crippen LogP contribution >= 0.6 is 23.2 Å². The number of benzene rings is 1. The van der Waals surface area contributed by atoms with Gasteiger partial charge >= 0.3 is 5.97 Å². The van der Waals surface area contributed by atoms with Crippen molar-refractivity contribution in [3.05, 3.63) is 56.4 Å². The highest BCUT2D eigenvalue weighted by Crippen LogP contribution is 2.26. The molecule has 0 unspecified atom stereocenters. The zero-order chi connectivity index (χ0) is 14.7. The fourth-order valence-electron chi connectivity index (χ4n) is 1.73. The van der Waals surface area contributed by atoms with Gasteiger partial charge < -0.3 is 9.72 Å². The highest BCUT2D eigenvalue weighted by molar-refractivity contribution is 6.35. The molecule has 1 N–H and O–H groups in total. The smallest absolute Gasteiger partial charge is 0.343 e. The van der Waals surface area contributed by atoms with Gasteiger partial charge in [-0.25, -0.2) is 4.79 Å². The second-order valence-corrected chi connectivity index (χ2v) is 4.88. The number of H-pyrrole nitrogens is 1. The van der Waals surface area contributed by atoms with Gasteiger partial charge in [-0.2, -0.15) is 0 Å². The van der Waals surface area contributed by atoms with Gasteiger partial charge in [-0.1, -0.05) is 23.2 Å². The number of hydrogen-bond acceptors (Lipinski definition) is 3. The molecule has 0 radical (unpaired) electrons. The van der Waals surface area contributed by atoms with Crippen LogP contribution in [-0.4, -0.2) is 17.6 Å². The van der Waals surface area contributed by atoms with Crippen LogP contribution in [0.3, 0.4) is 0 Å². The molecule has 0 saturated heterocycles. The molecule has 0 aliphatic rings. The van der Waals surface area contributed by atoms with Gasteiger partial charge in [-0.05, 0) is 42.3 Å². The van der Waals surface area contributed by atoms with E-state index in [0.29, 0.717) is 21.2 Å². The van der Waals surface area contributed by atoms with Gasteiger partial charge in [-0.3, -0.25) is 4.79 Å². The molecular formula is C14H11Cl2NO3. The minimum Gasteiger partial charge on any atom is -0.462 e. The Morgan fingerprint density at radius 3 is 2.40 bits per heavy atom. The summed E-state index contributed by atoms with van der Waals surface area (Å²) in [6, 6.07) is 6.44. The maximum absolute atomic E-state index is 11.7. The largest absolute Gasteiger partial charge is 0.462 e. The van der Waals surface area contributed by atoms with E-state index in [-0.39, 0.29) is 12.2 Å². The molecular weight excluding hydrogens is 301 g/mol. The molecule has 104 valence electrons. The topological polar surface area (TPSA) is 59.2 Å². The molecule has 20 heavy (non-hydrogen) atoms. The first kappa shape index (κ1) is 14.6. The number of carbonyl (C=O) groups is 1. The van der Waals surface area contributed by atoms with Crippen molar-refractivity contribution < 1.29 is 9.53 Å². The van der Waals surface area contributed by atoms with Gasteiger partial charge in [-0.15, -0.1) is 0 Å². The normalized spacial score (nSPS) is 10.3. The maximum Gasteiger partial charge on any atom is 0.343 e. The minimum absolute atomic E-state index is 0.0551. The number of esters is 1. The van der Waals surface area contributed by atoms with Crippen molar-refractivity contribution >= 4 is 29.2 Å². The molecule has 0 atom stereocenters. The van der Waals surface area contributed by atoms with E-state index >= 15 is 0 Å². The van der Waals surface area contributed by atoms with Gasteiger partial charge in [0.25, 0.3) is 5.56 Å². The summed E-state index contributed by atoms with van der Waals surface area (Å²) in [5.41, 5.74) is 0.766. The Bertz CT molecular complexity index is 690. The quantitative estimate of drug-likeness (QED) is 0.882. The Balaban J connectivity index is 2.51. The number of rotatable bonds is 3. The van der Waals surface area contributed by atoms with Crippen LogP contribution < -0.4 is 5.56 Å². The van der Waals surface area contributed by atoms with Crippen LogP contribution in [0.15, 0.2) is 35.3 Å². The summed E-state index contributed by atoms with van der Waals surface area (Å²) in [6.07, 6.45) is 1.49. The molecule has 0 spiro atoms. The van der Waals surface area contributed by atoms with E-state index in [4.69, 9.17) is 27.9 Å². The predicted octanol–water partition coefficient (Wildman–Crippen LogP) is 3.53. The fourth-order valence-corrected chi connectivity index (χ4v) is 2.26. The Hall–Kier alpha value is -1.78.